The van der Waals surface area contributed by atoms with Crippen LogP contribution in [-0.2, 0) is 6.42 Å². The van der Waals surface area contributed by atoms with Crippen molar-refractivity contribution in [1.82, 2.24) is 26.1 Å². The van der Waals surface area contributed by atoms with E-state index in [1.807, 2.05) is 18.3 Å². The fraction of sp³-hybridized carbons (Fsp3) is 0.560. The lowest BCUT2D eigenvalue weighted by atomic mass is 9.73. The second kappa shape index (κ2) is 7.47. The molecule has 2 aromatic rings. The molecule has 4 atom stereocenters. The number of phenolic OH excluding ortho intramolecular Hbond substituents is 1. The van der Waals surface area contributed by atoms with E-state index in [0.29, 0.717) is 29.2 Å². The van der Waals surface area contributed by atoms with E-state index in [1.54, 1.807) is 0 Å². The third-order valence-corrected chi connectivity index (χ3v) is 8.15. The van der Waals surface area contributed by atoms with Gasteiger partial charge in [-0.3, -0.25) is 5.43 Å². The van der Waals surface area contributed by atoms with Crippen molar-refractivity contribution < 1.29 is 5.11 Å². The van der Waals surface area contributed by atoms with Crippen molar-refractivity contribution in [2.24, 2.45) is 5.92 Å². The van der Waals surface area contributed by atoms with Gasteiger partial charge >= 0.3 is 0 Å². The van der Waals surface area contributed by atoms with Crippen molar-refractivity contribution in [3.05, 3.63) is 53.1 Å². The number of nitrogens with one attached hydrogen (secondary N) is 4. The summed E-state index contributed by atoms with van der Waals surface area (Å²) in [7, 11) is 0. The molecule has 3 heterocycles. The number of fused-ring (bicyclic) bond motifs is 1. The topological polar surface area (TPSA) is 85.0 Å². The molecule has 31 heavy (non-hydrogen) atoms. The van der Waals surface area contributed by atoms with Gasteiger partial charge in [0.1, 0.15) is 11.6 Å². The molecule has 4 unspecified atom stereocenters. The number of benzene rings is 1. The van der Waals surface area contributed by atoms with Gasteiger partial charge in [-0.2, -0.15) is 0 Å². The van der Waals surface area contributed by atoms with E-state index in [1.165, 1.54) is 48.1 Å². The van der Waals surface area contributed by atoms with Crippen molar-refractivity contribution in [1.29, 1.82) is 0 Å². The molecule has 2 aliphatic carbocycles. The number of hydrogen-bond acceptors (Lipinski definition) is 5. The molecule has 1 aromatic heterocycles. The van der Waals surface area contributed by atoms with Crippen molar-refractivity contribution >= 4 is 5.57 Å². The Hall–Kier alpha value is -2.15. The average molecular weight is 420 g/mol. The number of aromatic amines is 1. The second-order valence-corrected chi connectivity index (χ2v) is 10.0. The Bertz CT molecular complexity index is 1010. The summed E-state index contributed by atoms with van der Waals surface area (Å²) in [5.74, 6) is 2.54. The summed E-state index contributed by atoms with van der Waals surface area (Å²) in [5, 5.41) is 13.5. The number of rotatable bonds is 4. The number of hydrazine groups is 1. The maximum Gasteiger partial charge on any atom is 0.125 e. The molecule has 6 heteroatoms. The van der Waals surface area contributed by atoms with Crippen molar-refractivity contribution in [2.75, 3.05) is 6.54 Å². The zero-order valence-corrected chi connectivity index (χ0v) is 18.2. The molecular weight excluding hydrogens is 386 g/mol. The van der Waals surface area contributed by atoms with Crippen molar-refractivity contribution in [3.8, 4) is 5.75 Å². The summed E-state index contributed by atoms with van der Waals surface area (Å²) < 4.78 is 0. The lowest BCUT2D eigenvalue weighted by Gasteiger charge is -2.33. The molecule has 6 nitrogen and oxygen atoms in total. The maximum atomic E-state index is 9.87. The minimum atomic E-state index is 0.238. The van der Waals surface area contributed by atoms with Crippen LogP contribution in [0.2, 0.25) is 0 Å². The summed E-state index contributed by atoms with van der Waals surface area (Å²) in [6.07, 6.45) is 12.5. The Balaban J connectivity index is 1.16. The minimum Gasteiger partial charge on any atom is -0.508 e. The highest BCUT2D eigenvalue weighted by molar-refractivity contribution is 5.65. The molecule has 0 bridgehead atoms. The standard InChI is InChI=1S/C25H33N5O/c1-2-15-11-18(31)4-6-19(15)16-3-5-20-21(12-16)29-30-23(20)24-26-14-22(28-24)17-7-10-27-25(13-17)8-9-25/h4,6-7,11,14,16,20-21,23,27,29-31H,2-3,5,8-10,12-13H2,1H3,(H,26,28). The Morgan fingerprint density at radius 1 is 1.19 bits per heavy atom. The van der Waals surface area contributed by atoms with Crippen LogP contribution in [0.5, 0.6) is 5.75 Å². The van der Waals surface area contributed by atoms with E-state index in [-0.39, 0.29) is 6.04 Å². The molecule has 0 radical (unpaired) electrons. The lowest BCUT2D eigenvalue weighted by Crippen LogP contribution is -2.35. The number of phenols is 1. The zero-order chi connectivity index (χ0) is 21.0. The van der Waals surface area contributed by atoms with Gasteiger partial charge in [-0.1, -0.05) is 19.1 Å². The molecule has 1 saturated heterocycles. The van der Waals surface area contributed by atoms with Crippen molar-refractivity contribution in [3.63, 3.8) is 0 Å². The summed E-state index contributed by atoms with van der Waals surface area (Å²) >= 11 is 0. The fourth-order valence-corrected chi connectivity index (χ4v) is 6.17. The summed E-state index contributed by atoms with van der Waals surface area (Å²) in [5.41, 5.74) is 12.8. The monoisotopic (exact) mass is 419 g/mol. The maximum absolute atomic E-state index is 9.87. The smallest absolute Gasteiger partial charge is 0.125 e. The molecule has 4 aliphatic rings. The van der Waals surface area contributed by atoms with Crippen LogP contribution < -0.4 is 16.2 Å². The fourth-order valence-electron chi connectivity index (χ4n) is 6.17. The number of imidazole rings is 1. The van der Waals surface area contributed by atoms with E-state index in [4.69, 9.17) is 4.98 Å². The van der Waals surface area contributed by atoms with Crippen LogP contribution >= 0.6 is 0 Å². The molecule has 1 spiro atoms. The summed E-state index contributed by atoms with van der Waals surface area (Å²) in [6, 6.07) is 6.61. The quantitative estimate of drug-likeness (QED) is 0.522. The van der Waals surface area contributed by atoms with Gasteiger partial charge in [-0.05, 0) is 85.6 Å². The van der Waals surface area contributed by atoms with Crippen molar-refractivity contribution in [2.45, 2.75) is 75.4 Å². The molecule has 3 fully saturated rings. The van der Waals surface area contributed by atoms with Crippen LogP contribution in [0.25, 0.3) is 5.57 Å². The Morgan fingerprint density at radius 3 is 2.94 bits per heavy atom. The molecule has 1 aromatic carbocycles. The van der Waals surface area contributed by atoms with Gasteiger partial charge in [0.25, 0.3) is 0 Å². The molecule has 5 N–H and O–H groups in total. The molecule has 2 aliphatic heterocycles. The Morgan fingerprint density at radius 2 is 2.10 bits per heavy atom. The van der Waals surface area contributed by atoms with Crippen LogP contribution in [0, 0.1) is 5.92 Å². The number of aryl methyl sites for hydroxylation is 1. The van der Waals surface area contributed by atoms with Gasteiger partial charge in [0, 0.05) is 18.1 Å². The molecular formula is C25H33N5O. The number of aromatic hydroxyl groups is 1. The van der Waals surface area contributed by atoms with Crippen LogP contribution in [0.1, 0.15) is 80.1 Å². The van der Waals surface area contributed by atoms with Crippen LogP contribution in [0.15, 0.2) is 30.5 Å². The third kappa shape index (κ3) is 3.51. The largest absolute Gasteiger partial charge is 0.508 e. The van der Waals surface area contributed by atoms with Gasteiger partial charge in [0.2, 0.25) is 0 Å². The predicted octanol–water partition coefficient (Wildman–Crippen LogP) is 3.69. The van der Waals surface area contributed by atoms with Crippen LogP contribution in [-0.4, -0.2) is 33.2 Å². The SMILES string of the molecule is CCc1cc(O)ccc1C1CCC2C(C1)NNC2c1ncc(C2=CCNC3(CC3)C2)[nH]1. The number of aromatic nitrogens is 2. The van der Waals surface area contributed by atoms with E-state index >= 15 is 0 Å². The normalized spacial score (nSPS) is 31.5. The highest BCUT2D eigenvalue weighted by Crippen LogP contribution is 2.46. The first-order valence-electron chi connectivity index (χ1n) is 12.0. The molecule has 2 saturated carbocycles. The van der Waals surface area contributed by atoms with E-state index < -0.39 is 0 Å². The van der Waals surface area contributed by atoms with Gasteiger partial charge in [0.15, 0.2) is 0 Å². The first-order valence-corrected chi connectivity index (χ1v) is 12.0. The second-order valence-electron chi connectivity index (χ2n) is 10.0. The number of hydrogen-bond donors (Lipinski definition) is 5. The van der Waals surface area contributed by atoms with Gasteiger partial charge in [0.05, 0.1) is 17.9 Å². The number of nitrogens with zero attached hydrogens (tertiary/aromatic N) is 1. The van der Waals surface area contributed by atoms with E-state index in [2.05, 4.69) is 40.2 Å². The van der Waals surface area contributed by atoms with E-state index in [0.717, 1.165) is 31.6 Å². The Kier molecular flexibility index (Phi) is 4.70. The first kappa shape index (κ1) is 19.5. The third-order valence-electron chi connectivity index (χ3n) is 8.15. The first-order chi connectivity index (χ1) is 15.1. The van der Waals surface area contributed by atoms with Gasteiger partial charge < -0.3 is 15.4 Å². The average Bonchev–Trinajstić information content (AvgIpc) is 3.18. The Labute approximate surface area is 183 Å². The highest BCUT2D eigenvalue weighted by atomic mass is 16.3. The van der Waals surface area contributed by atoms with Crippen LogP contribution in [0.4, 0.5) is 0 Å². The van der Waals surface area contributed by atoms with E-state index in [9.17, 15) is 5.11 Å². The highest BCUT2D eigenvalue weighted by Gasteiger charge is 2.45. The van der Waals surface area contributed by atoms with Crippen LogP contribution in [0.3, 0.4) is 0 Å². The van der Waals surface area contributed by atoms with Gasteiger partial charge in [-0.25, -0.2) is 10.4 Å². The molecule has 164 valence electrons. The molecule has 6 rings (SSSR count). The lowest BCUT2D eigenvalue weighted by molar-refractivity contribution is 0.276. The molecule has 0 amide bonds. The summed E-state index contributed by atoms with van der Waals surface area (Å²) in [6.45, 7) is 3.14. The van der Waals surface area contributed by atoms with Gasteiger partial charge in [-0.15, -0.1) is 0 Å². The number of H-pyrrole nitrogens is 1. The minimum absolute atomic E-state index is 0.238. The zero-order valence-electron chi connectivity index (χ0n) is 18.2. The predicted molar refractivity (Wildman–Crippen MR) is 122 cm³/mol. The summed E-state index contributed by atoms with van der Waals surface area (Å²) in [4.78, 5) is 8.45.